The number of aromatic nitrogens is 2. The zero-order chi connectivity index (χ0) is 22.7. The highest BCUT2D eigenvalue weighted by molar-refractivity contribution is 7.86. The van der Waals surface area contributed by atoms with Gasteiger partial charge in [0.05, 0.1) is 11.5 Å². The molecule has 2 aliphatic rings. The van der Waals surface area contributed by atoms with Gasteiger partial charge in [0.15, 0.2) is 0 Å². The van der Waals surface area contributed by atoms with Crippen molar-refractivity contribution in [3.05, 3.63) is 40.3 Å². The third-order valence-electron chi connectivity index (χ3n) is 6.26. The van der Waals surface area contributed by atoms with Gasteiger partial charge in [0.1, 0.15) is 0 Å². The first kappa shape index (κ1) is 22.8. The van der Waals surface area contributed by atoms with Crippen LogP contribution in [0.15, 0.2) is 28.7 Å². The van der Waals surface area contributed by atoms with Crippen LogP contribution in [-0.2, 0) is 16.8 Å². The summed E-state index contributed by atoms with van der Waals surface area (Å²) in [5, 5.41) is 18.9. The largest absolute Gasteiger partial charge is 0.419 e. The van der Waals surface area contributed by atoms with Crippen molar-refractivity contribution in [1.82, 2.24) is 23.7 Å². The molecule has 1 aromatic heterocycles. The zero-order valence-electron chi connectivity index (χ0n) is 18.1. The number of nitrogens with zero attached hydrogens (tertiary/aromatic N) is 6. The minimum atomic E-state index is -3.46. The maximum Gasteiger partial charge on any atom is 0.282 e. The molecule has 4 rings (SSSR count). The normalized spacial score (nSPS) is 19.4. The Kier molecular flexibility index (Phi) is 6.84. The van der Waals surface area contributed by atoms with Gasteiger partial charge < -0.3 is 4.42 Å². The molecule has 0 radical (unpaired) electrons. The molecule has 1 aromatic carbocycles. The lowest BCUT2D eigenvalue weighted by molar-refractivity contribution is -0.384. The lowest BCUT2D eigenvalue weighted by Crippen LogP contribution is -2.54. The van der Waals surface area contributed by atoms with E-state index in [1.54, 1.807) is 27.8 Å². The number of non-ortho nitro benzene ring substituents is 1. The van der Waals surface area contributed by atoms with E-state index in [2.05, 4.69) is 15.1 Å². The Balaban J connectivity index is 1.32. The molecule has 1 aliphatic carbocycles. The van der Waals surface area contributed by atoms with E-state index in [9.17, 15) is 18.5 Å². The van der Waals surface area contributed by atoms with Crippen LogP contribution in [-0.4, -0.2) is 76.3 Å². The second-order valence-electron chi connectivity index (χ2n) is 8.30. The Morgan fingerprint density at radius 2 is 1.75 bits per heavy atom. The molecule has 0 bridgehead atoms. The number of piperazine rings is 1. The van der Waals surface area contributed by atoms with Crippen molar-refractivity contribution in [3.8, 4) is 11.5 Å². The van der Waals surface area contributed by atoms with Gasteiger partial charge in [-0.05, 0) is 25.0 Å². The molecule has 1 saturated carbocycles. The van der Waals surface area contributed by atoms with Gasteiger partial charge in [0.2, 0.25) is 11.8 Å². The molecule has 2 heterocycles. The van der Waals surface area contributed by atoms with Crippen molar-refractivity contribution in [2.24, 2.45) is 0 Å². The summed E-state index contributed by atoms with van der Waals surface area (Å²) in [6, 6.07) is 6.03. The standard InChI is InChI=1S/C20H28N6O5S/c1-23(17-5-3-2-4-6-17)32(29,30)25-13-11-24(12-14-25)15-19-21-22-20(31-19)16-7-9-18(10-8-16)26(27)28/h7-10,17H,2-6,11-15H2,1H3. The first-order chi connectivity index (χ1) is 15.3. The van der Waals surface area contributed by atoms with Gasteiger partial charge in [-0.3, -0.25) is 15.0 Å². The van der Waals surface area contributed by atoms with Crippen LogP contribution in [0, 0.1) is 10.1 Å². The molecule has 32 heavy (non-hydrogen) atoms. The molecule has 2 fully saturated rings. The van der Waals surface area contributed by atoms with E-state index in [4.69, 9.17) is 4.42 Å². The van der Waals surface area contributed by atoms with Crippen LogP contribution in [0.25, 0.3) is 11.5 Å². The monoisotopic (exact) mass is 464 g/mol. The lowest BCUT2D eigenvalue weighted by Gasteiger charge is -2.38. The molecule has 0 amide bonds. The highest BCUT2D eigenvalue weighted by Crippen LogP contribution is 2.26. The van der Waals surface area contributed by atoms with Crippen molar-refractivity contribution in [3.63, 3.8) is 0 Å². The van der Waals surface area contributed by atoms with E-state index in [1.165, 1.54) is 18.6 Å². The first-order valence-corrected chi connectivity index (χ1v) is 12.3. The molecule has 1 aliphatic heterocycles. The summed E-state index contributed by atoms with van der Waals surface area (Å²) in [7, 11) is -1.75. The molecule has 12 heteroatoms. The fourth-order valence-corrected chi connectivity index (χ4v) is 5.86. The van der Waals surface area contributed by atoms with Crippen LogP contribution in [0.5, 0.6) is 0 Å². The van der Waals surface area contributed by atoms with Gasteiger partial charge in [-0.1, -0.05) is 19.3 Å². The van der Waals surface area contributed by atoms with Crippen LogP contribution < -0.4 is 0 Å². The smallest absolute Gasteiger partial charge is 0.282 e. The van der Waals surface area contributed by atoms with Crippen molar-refractivity contribution >= 4 is 15.9 Å². The van der Waals surface area contributed by atoms with Gasteiger partial charge in [-0.15, -0.1) is 10.2 Å². The zero-order valence-corrected chi connectivity index (χ0v) is 18.9. The van der Waals surface area contributed by atoms with Gasteiger partial charge in [0, 0.05) is 57.0 Å². The maximum atomic E-state index is 13.0. The minimum Gasteiger partial charge on any atom is -0.419 e. The minimum absolute atomic E-state index is 0.00422. The number of nitro benzene ring substituents is 1. The average Bonchev–Trinajstić information content (AvgIpc) is 3.28. The van der Waals surface area contributed by atoms with Crippen molar-refractivity contribution in [2.45, 2.75) is 44.7 Å². The number of hydrogen-bond acceptors (Lipinski definition) is 8. The summed E-state index contributed by atoms with van der Waals surface area (Å²) in [4.78, 5) is 12.4. The predicted molar refractivity (Wildman–Crippen MR) is 117 cm³/mol. The number of nitro groups is 1. The molecule has 174 valence electrons. The number of benzene rings is 1. The van der Waals surface area contributed by atoms with Crippen molar-refractivity contribution in [2.75, 3.05) is 33.2 Å². The summed E-state index contributed by atoms with van der Waals surface area (Å²) in [6.07, 6.45) is 5.23. The van der Waals surface area contributed by atoms with E-state index in [-0.39, 0.29) is 11.7 Å². The van der Waals surface area contributed by atoms with E-state index < -0.39 is 15.1 Å². The van der Waals surface area contributed by atoms with Gasteiger partial charge in [-0.2, -0.15) is 17.0 Å². The van der Waals surface area contributed by atoms with Crippen LogP contribution in [0.2, 0.25) is 0 Å². The number of rotatable bonds is 7. The van der Waals surface area contributed by atoms with Crippen molar-refractivity contribution < 1.29 is 17.8 Å². The predicted octanol–water partition coefficient (Wildman–Crippen LogP) is 2.27. The fraction of sp³-hybridized carbons (Fsp3) is 0.600. The molecule has 1 saturated heterocycles. The summed E-state index contributed by atoms with van der Waals surface area (Å²) in [5.41, 5.74) is 0.603. The SMILES string of the molecule is CN(C1CCCCC1)S(=O)(=O)N1CCN(Cc2nnc(-c3ccc([N+](=O)[O-])cc3)o2)CC1. The first-order valence-electron chi connectivity index (χ1n) is 10.9. The van der Waals surface area contributed by atoms with Crippen LogP contribution in [0.1, 0.15) is 38.0 Å². The quantitative estimate of drug-likeness (QED) is 0.451. The summed E-state index contributed by atoms with van der Waals surface area (Å²) in [6.45, 7) is 2.41. The molecule has 0 N–H and O–H groups in total. The van der Waals surface area contributed by atoms with Crippen LogP contribution >= 0.6 is 0 Å². The van der Waals surface area contributed by atoms with E-state index >= 15 is 0 Å². The maximum absolute atomic E-state index is 13.0. The Hall–Kier alpha value is -2.41. The third-order valence-corrected chi connectivity index (χ3v) is 8.30. The average molecular weight is 465 g/mol. The van der Waals surface area contributed by atoms with Crippen LogP contribution in [0.4, 0.5) is 5.69 Å². The fourth-order valence-electron chi connectivity index (χ4n) is 4.28. The van der Waals surface area contributed by atoms with Gasteiger partial charge >= 0.3 is 0 Å². The van der Waals surface area contributed by atoms with E-state index in [0.29, 0.717) is 50.1 Å². The number of hydrogen-bond donors (Lipinski definition) is 0. The summed E-state index contributed by atoms with van der Waals surface area (Å²) in [5.74, 6) is 0.721. The topological polar surface area (TPSA) is 126 Å². The van der Waals surface area contributed by atoms with Crippen molar-refractivity contribution in [1.29, 1.82) is 0 Å². The summed E-state index contributed by atoms with van der Waals surface area (Å²) < 4.78 is 34.9. The second-order valence-corrected chi connectivity index (χ2v) is 10.3. The summed E-state index contributed by atoms with van der Waals surface area (Å²) >= 11 is 0. The van der Waals surface area contributed by atoms with Crippen LogP contribution in [0.3, 0.4) is 0 Å². The molecule has 11 nitrogen and oxygen atoms in total. The Labute approximate surface area is 187 Å². The lowest BCUT2D eigenvalue weighted by atomic mass is 9.96. The Morgan fingerprint density at radius 3 is 2.38 bits per heavy atom. The Morgan fingerprint density at radius 1 is 1.09 bits per heavy atom. The molecule has 2 aromatic rings. The van der Waals surface area contributed by atoms with E-state index in [1.807, 2.05) is 0 Å². The highest BCUT2D eigenvalue weighted by atomic mass is 32.2. The van der Waals surface area contributed by atoms with E-state index in [0.717, 1.165) is 25.7 Å². The Bertz CT molecular complexity index is 1030. The third kappa shape index (κ3) is 4.98. The molecular weight excluding hydrogens is 436 g/mol. The molecule has 0 spiro atoms. The molecule has 0 unspecified atom stereocenters. The van der Waals surface area contributed by atoms with Gasteiger partial charge in [-0.25, -0.2) is 0 Å². The molecule has 0 atom stereocenters. The molecular formula is C20H28N6O5S. The highest BCUT2D eigenvalue weighted by Gasteiger charge is 2.34. The van der Waals surface area contributed by atoms with Gasteiger partial charge in [0.25, 0.3) is 15.9 Å². The second kappa shape index (κ2) is 9.61.